The SMILES string of the molecule is CCCCCCCCCCCCCCCCCCC([NH3+])(CCC)CCCCCCCCCCCCCCCCCC.Fc1c(F)c(F)c([B-](c2c(F)c(F)c(F)c(F)c2F)(c2c(F)c(F)c(F)c(F)c2F)c2c(F)c(F)c(F)c(F)c2F)c(F)c1F. The zero-order chi connectivity index (χ0) is 64.3. The van der Waals surface area contributed by atoms with Gasteiger partial charge in [-0.05, 0) is 12.8 Å². The largest absolute Gasteiger partial charge is 0.353 e. The lowest BCUT2D eigenvalue weighted by molar-refractivity contribution is -0.484. The molecule has 488 valence electrons. The summed E-state index contributed by atoms with van der Waals surface area (Å²) < 4.78 is 294. The third-order valence-corrected chi connectivity index (χ3v) is 16.6. The molecule has 4 aromatic rings. The molecule has 1 nitrogen and oxygen atoms in total. The predicted molar refractivity (Wildman–Crippen MR) is 298 cm³/mol. The molecule has 22 heteroatoms. The van der Waals surface area contributed by atoms with Crippen LogP contribution in [0.3, 0.4) is 0 Å². The Kier molecular flexibility index (Phi) is 33.6. The molecule has 0 heterocycles. The number of benzene rings is 4. The molecule has 0 saturated carbocycles. The smallest absolute Gasteiger partial charge is 0.200 e. The number of unbranched alkanes of at least 4 members (excludes halogenated alkanes) is 30. The van der Waals surface area contributed by atoms with Gasteiger partial charge in [0.05, 0.1) is 5.54 Å². The highest BCUT2D eigenvalue weighted by Crippen LogP contribution is 2.32. The van der Waals surface area contributed by atoms with Crippen molar-refractivity contribution in [2.75, 3.05) is 0 Å². The first-order chi connectivity index (χ1) is 40.9. The molecule has 0 amide bonds. The average Bonchev–Trinajstić information content (AvgIpc) is 0.687. The van der Waals surface area contributed by atoms with Crippen LogP contribution in [0.25, 0.3) is 0 Å². The van der Waals surface area contributed by atoms with Crippen LogP contribution in [0.1, 0.15) is 252 Å². The predicted octanol–water partition coefficient (Wildman–Crippen LogP) is 19.9. The number of halogens is 20. The van der Waals surface area contributed by atoms with Crippen molar-refractivity contribution in [1.82, 2.24) is 0 Å². The monoisotopic (exact) mass is 1260 g/mol. The van der Waals surface area contributed by atoms with Gasteiger partial charge in [0.25, 0.3) is 0 Å². The van der Waals surface area contributed by atoms with Crippen LogP contribution >= 0.6 is 0 Å². The Hall–Kier alpha value is -4.50. The van der Waals surface area contributed by atoms with Crippen molar-refractivity contribution < 1.29 is 93.5 Å². The van der Waals surface area contributed by atoms with Gasteiger partial charge in [-0.3, -0.25) is 0 Å². The van der Waals surface area contributed by atoms with Crippen molar-refractivity contribution in [1.29, 1.82) is 0 Å². The van der Waals surface area contributed by atoms with Gasteiger partial charge in [0, 0.05) is 19.3 Å². The Morgan fingerprint density at radius 3 is 0.488 bits per heavy atom. The maximum atomic E-state index is 15.4. The van der Waals surface area contributed by atoms with Crippen LogP contribution in [0.4, 0.5) is 87.8 Å². The zero-order valence-electron chi connectivity index (χ0n) is 49.8. The summed E-state index contributed by atoms with van der Waals surface area (Å²) in [4.78, 5) is 0. The second kappa shape index (κ2) is 38.1. The molecule has 0 aromatic heterocycles. The standard InChI is InChI=1S/C40H83N.C24BF20/c1-4-7-9-11-13-15-17-19-21-23-25-27-29-31-33-35-38-40(41,37-6-3)39-36-34-32-30-28-26-24-22-20-18-16-14-12-10-8-5-2;26-5-1(6(27)14(35)21(42)13(5)34)25(2-7(28)15(36)22(43)16(37)8(2)29,3-9(30)17(38)23(44)18(39)10(3)31)4-11(32)19(40)24(45)20(41)12(4)33/h4-39,41H2,1-3H3;/q;-1/p+1. The highest BCUT2D eigenvalue weighted by atomic mass is 19.2. The van der Waals surface area contributed by atoms with E-state index in [0.717, 1.165) is 0 Å². The van der Waals surface area contributed by atoms with Gasteiger partial charge in [-0.25, -0.2) is 87.8 Å². The first-order valence-electron chi connectivity index (χ1n) is 31.0. The highest BCUT2D eigenvalue weighted by molar-refractivity contribution is 7.20. The summed E-state index contributed by atoms with van der Waals surface area (Å²) >= 11 is 0. The maximum Gasteiger partial charge on any atom is 0.200 e. The first kappa shape index (κ1) is 75.8. The first-order valence-corrected chi connectivity index (χ1v) is 31.0. The minimum absolute atomic E-state index is 0.376. The van der Waals surface area contributed by atoms with Gasteiger partial charge in [-0.15, -0.1) is 21.9 Å². The number of hydrogen-bond acceptors (Lipinski definition) is 0. The quantitative estimate of drug-likeness (QED) is 0.0151. The Bertz CT molecular complexity index is 2300. The van der Waals surface area contributed by atoms with Gasteiger partial charge < -0.3 is 5.73 Å². The molecule has 0 aliphatic rings. The summed E-state index contributed by atoms with van der Waals surface area (Å²) in [6.07, 6.45) is 44.9. The molecule has 0 radical (unpaired) electrons. The number of rotatable bonds is 40. The normalized spacial score (nSPS) is 12.0. The lowest BCUT2D eigenvalue weighted by Crippen LogP contribution is -2.81. The van der Waals surface area contributed by atoms with Crippen molar-refractivity contribution in [3.8, 4) is 0 Å². The Morgan fingerprint density at radius 1 is 0.198 bits per heavy atom. The van der Waals surface area contributed by atoms with Crippen LogP contribution in [0, 0.1) is 116 Å². The van der Waals surface area contributed by atoms with E-state index >= 15 is 35.1 Å². The van der Waals surface area contributed by atoms with E-state index in [1.54, 1.807) is 0 Å². The van der Waals surface area contributed by atoms with E-state index in [-0.39, 0.29) is 0 Å². The third kappa shape index (κ3) is 19.8. The maximum absolute atomic E-state index is 15.4. The molecule has 3 N–H and O–H groups in total. The minimum atomic E-state index is -7.22. The van der Waals surface area contributed by atoms with Gasteiger partial charge in [-0.1, -0.05) is 220 Å². The van der Waals surface area contributed by atoms with Crippen LogP contribution in [0.2, 0.25) is 0 Å². The fourth-order valence-electron chi connectivity index (χ4n) is 11.9. The van der Waals surface area contributed by atoms with Crippen molar-refractivity contribution in [3.63, 3.8) is 0 Å². The van der Waals surface area contributed by atoms with E-state index in [4.69, 9.17) is 5.73 Å². The lowest BCUT2D eigenvalue weighted by atomic mass is 9.12. The molecule has 0 aliphatic heterocycles. The highest BCUT2D eigenvalue weighted by Gasteiger charge is 2.52. The van der Waals surface area contributed by atoms with Gasteiger partial charge in [0.15, 0.2) is 69.8 Å². The molecule has 0 spiro atoms. The molecule has 4 rings (SSSR count). The molecule has 0 saturated heterocycles. The molecule has 0 aliphatic carbocycles. The Balaban J connectivity index is 0.000000453. The summed E-state index contributed by atoms with van der Waals surface area (Å²) in [6.45, 7) is 6.98. The molecule has 86 heavy (non-hydrogen) atoms. The summed E-state index contributed by atoms with van der Waals surface area (Å²) in [6, 6.07) is 0. The summed E-state index contributed by atoms with van der Waals surface area (Å²) in [5, 5.41) is 0. The molecule has 0 unspecified atom stereocenters. The summed E-state index contributed by atoms with van der Waals surface area (Å²) in [5.74, 6) is -71.4. The van der Waals surface area contributed by atoms with E-state index in [1.807, 2.05) is 0 Å². The number of hydrogen-bond donors (Lipinski definition) is 1. The lowest BCUT2D eigenvalue weighted by Gasteiger charge is -2.44. The minimum Gasteiger partial charge on any atom is -0.353 e. The molecule has 0 bridgehead atoms. The van der Waals surface area contributed by atoms with E-state index in [2.05, 4.69) is 20.8 Å². The summed E-state index contributed by atoms with van der Waals surface area (Å²) in [5.41, 5.74) is -9.18. The van der Waals surface area contributed by atoms with Gasteiger partial charge in [-0.2, -0.15) is 0 Å². The molecule has 0 fully saturated rings. The second-order valence-corrected chi connectivity index (χ2v) is 23.2. The van der Waals surface area contributed by atoms with E-state index in [0.29, 0.717) is 5.54 Å². The topological polar surface area (TPSA) is 27.6 Å². The van der Waals surface area contributed by atoms with E-state index in [9.17, 15) is 52.7 Å². The van der Waals surface area contributed by atoms with Crippen molar-refractivity contribution in [2.45, 2.75) is 257 Å². The van der Waals surface area contributed by atoms with Gasteiger partial charge in [0.2, 0.25) is 0 Å². The van der Waals surface area contributed by atoms with Crippen molar-refractivity contribution in [3.05, 3.63) is 116 Å². The second-order valence-electron chi connectivity index (χ2n) is 23.2. The van der Waals surface area contributed by atoms with Crippen molar-refractivity contribution in [2.24, 2.45) is 0 Å². The Labute approximate surface area is 494 Å². The summed E-state index contributed by atoms with van der Waals surface area (Å²) in [7, 11) is 0. The fraction of sp³-hybridized carbons (Fsp3) is 0.625. The molecular weight excluding hydrogens is 1170 g/mol. The average molecular weight is 1260 g/mol. The van der Waals surface area contributed by atoms with Crippen LogP contribution in [0.5, 0.6) is 0 Å². The van der Waals surface area contributed by atoms with E-state index in [1.165, 1.54) is 231 Å². The Morgan fingerprint density at radius 2 is 0.337 bits per heavy atom. The fourth-order valence-corrected chi connectivity index (χ4v) is 11.9. The van der Waals surface area contributed by atoms with Crippen LogP contribution < -0.4 is 27.6 Å². The molecule has 4 aromatic carbocycles. The van der Waals surface area contributed by atoms with Crippen LogP contribution in [0.15, 0.2) is 0 Å². The van der Waals surface area contributed by atoms with Crippen molar-refractivity contribution >= 4 is 28.0 Å². The van der Waals surface area contributed by atoms with Crippen LogP contribution in [-0.2, 0) is 0 Å². The number of quaternary nitrogens is 1. The van der Waals surface area contributed by atoms with Gasteiger partial charge >= 0.3 is 0 Å². The molecule has 0 atom stereocenters. The van der Waals surface area contributed by atoms with E-state index < -0.39 is 144 Å². The molecular formula is C64H84BF20N. The third-order valence-electron chi connectivity index (χ3n) is 16.6. The zero-order valence-corrected chi connectivity index (χ0v) is 49.8. The van der Waals surface area contributed by atoms with Gasteiger partial charge in [0.1, 0.15) is 52.7 Å². The van der Waals surface area contributed by atoms with Crippen LogP contribution in [-0.4, -0.2) is 11.7 Å².